The molecular formula is C24H32ClN3O3S. The molecule has 8 heteroatoms. The maximum atomic E-state index is 13.0. The van der Waals surface area contributed by atoms with Crippen LogP contribution in [0.4, 0.5) is 5.69 Å². The van der Waals surface area contributed by atoms with Gasteiger partial charge in [-0.05, 0) is 68.1 Å². The molecule has 2 aromatic carbocycles. The molecule has 2 aromatic rings. The molecule has 1 N–H and O–H groups in total. The van der Waals surface area contributed by atoms with Crippen LogP contribution in [0.3, 0.4) is 0 Å². The number of nitrogens with one attached hydrogen (secondary N) is 1. The monoisotopic (exact) mass is 477 g/mol. The summed E-state index contributed by atoms with van der Waals surface area (Å²) in [5.41, 5.74) is 3.39. The average Bonchev–Trinajstić information content (AvgIpc) is 3.25. The van der Waals surface area contributed by atoms with E-state index in [1.54, 1.807) is 32.0 Å². The molecule has 1 heterocycles. The number of hydrogen-bond donors (Lipinski definition) is 1. The lowest BCUT2D eigenvalue weighted by Gasteiger charge is -2.31. The molecule has 1 fully saturated rings. The lowest BCUT2D eigenvalue weighted by Crippen LogP contribution is -2.49. The van der Waals surface area contributed by atoms with Crippen molar-refractivity contribution in [1.82, 2.24) is 10.2 Å². The van der Waals surface area contributed by atoms with E-state index in [0.29, 0.717) is 23.7 Å². The number of benzene rings is 2. The smallest absolute Gasteiger partial charge is 0.244 e. The molecule has 1 aliphatic heterocycles. The van der Waals surface area contributed by atoms with Gasteiger partial charge in [-0.1, -0.05) is 48.9 Å². The van der Waals surface area contributed by atoms with Crippen molar-refractivity contribution in [1.29, 1.82) is 0 Å². The summed E-state index contributed by atoms with van der Waals surface area (Å²) >= 11 is 6.12. The maximum absolute atomic E-state index is 13.0. The highest BCUT2D eigenvalue weighted by Crippen LogP contribution is 2.29. The van der Waals surface area contributed by atoms with Gasteiger partial charge in [-0.15, -0.1) is 0 Å². The maximum Gasteiger partial charge on any atom is 0.244 e. The number of nitrogens with zero attached hydrogens (tertiary/aromatic N) is 2. The Kier molecular flexibility index (Phi) is 8.20. The molecule has 0 radical (unpaired) electrons. The summed E-state index contributed by atoms with van der Waals surface area (Å²) in [6.45, 7) is 7.20. The van der Waals surface area contributed by atoms with Gasteiger partial charge >= 0.3 is 0 Å². The Balaban J connectivity index is 1.70. The zero-order chi connectivity index (χ0) is 23.3. The van der Waals surface area contributed by atoms with Crippen molar-refractivity contribution in [3.8, 4) is 0 Å². The van der Waals surface area contributed by atoms with Crippen molar-refractivity contribution in [3.05, 3.63) is 64.2 Å². The van der Waals surface area contributed by atoms with Gasteiger partial charge in [0, 0.05) is 18.1 Å². The second kappa shape index (κ2) is 10.7. The minimum Gasteiger partial charge on any atom is -0.350 e. The van der Waals surface area contributed by atoms with Gasteiger partial charge < -0.3 is 5.32 Å². The number of carbonyl (C=O) groups excluding carboxylic acids is 1. The van der Waals surface area contributed by atoms with Crippen molar-refractivity contribution < 1.29 is 13.2 Å². The van der Waals surface area contributed by atoms with E-state index in [2.05, 4.69) is 22.3 Å². The summed E-state index contributed by atoms with van der Waals surface area (Å²) in [5.74, 6) is -0.335. The third-order valence-electron chi connectivity index (χ3n) is 5.83. The predicted octanol–water partition coefficient (Wildman–Crippen LogP) is 4.11. The van der Waals surface area contributed by atoms with Crippen LogP contribution in [0.5, 0.6) is 0 Å². The molecule has 1 aliphatic rings. The highest BCUT2D eigenvalue weighted by atomic mass is 35.5. The minimum absolute atomic E-state index is 0.333. The second-order valence-electron chi connectivity index (χ2n) is 8.43. The SMILES string of the molecule is CC[C@@H](C(=O)NCc1ccc(CN2CCCC2)cc1)N(c1cc(Cl)ccc1C)S(C)(=O)=O. The van der Waals surface area contributed by atoms with Crippen LogP contribution in [0.1, 0.15) is 42.9 Å². The van der Waals surface area contributed by atoms with Gasteiger partial charge in [-0.3, -0.25) is 14.0 Å². The van der Waals surface area contributed by atoms with Crippen molar-refractivity contribution in [2.24, 2.45) is 0 Å². The molecule has 0 bridgehead atoms. The highest BCUT2D eigenvalue weighted by molar-refractivity contribution is 7.92. The molecule has 3 rings (SSSR count). The fraction of sp³-hybridized carbons (Fsp3) is 0.458. The molecule has 1 atom stereocenters. The third-order valence-corrected chi connectivity index (χ3v) is 7.23. The number of halogens is 1. The molecule has 1 amide bonds. The molecule has 6 nitrogen and oxygen atoms in total. The number of amides is 1. The molecule has 32 heavy (non-hydrogen) atoms. The molecule has 0 aromatic heterocycles. The Morgan fingerprint density at radius 3 is 2.34 bits per heavy atom. The molecule has 0 spiro atoms. The van der Waals surface area contributed by atoms with E-state index in [0.717, 1.165) is 37.0 Å². The van der Waals surface area contributed by atoms with Gasteiger partial charge in [0.1, 0.15) is 6.04 Å². The zero-order valence-electron chi connectivity index (χ0n) is 19.0. The predicted molar refractivity (Wildman–Crippen MR) is 130 cm³/mol. The number of anilines is 1. The van der Waals surface area contributed by atoms with Gasteiger partial charge in [-0.2, -0.15) is 0 Å². The standard InChI is InChI=1S/C24H32ClN3O3S/c1-4-22(28(32(3,30)31)23-15-21(25)12-7-18(23)2)24(29)26-16-19-8-10-20(11-9-19)17-27-13-5-6-14-27/h7-12,15,22H,4-6,13-14,16-17H2,1-3H3,(H,26,29)/t22-/m0/s1. The number of hydrogen-bond acceptors (Lipinski definition) is 4. The van der Waals surface area contributed by atoms with Crippen LogP contribution in [0.2, 0.25) is 5.02 Å². The molecular weight excluding hydrogens is 446 g/mol. The molecule has 0 unspecified atom stereocenters. The largest absolute Gasteiger partial charge is 0.350 e. The van der Waals surface area contributed by atoms with Crippen LogP contribution in [-0.2, 0) is 27.9 Å². The topological polar surface area (TPSA) is 69.7 Å². The van der Waals surface area contributed by atoms with Crippen molar-refractivity contribution in [3.63, 3.8) is 0 Å². The summed E-state index contributed by atoms with van der Waals surface area (Å²) in [4.78, 5) is 15.5. The number of sulfonamides is 1. The minimum atomic E-state index is -3.70. The number of aryl methyl sites for hydroxylation is 1. The first-order valence-electron chi connectivity index (χ1n) is 11.0. The fourth-order valence-corrected chi connectivity index (χ4v) is 5.55. The summed E-state index contributed by atoms with van der Waals surface area (Å²) < 4.78 is 26.5. The van der Waals surface area contributed by atoms with E-state index in [1.807, 2.05) is 12.1 Å². The summed E-state index contributed by atoms with van der Waals surface area (Å²) in [5, 5.41) is 3.33. The van der Waals surface area contributed by atoms with E-state index >= 15 is 0 Å². The van der Waals surface area contributed by atoms with Gasteiger partial charge in [0.05, 0.1) is 11.9 Å². The van der Waals surface area contributed by atoms with E-state index in [9.17, 15) is 13.2 Å². The van der Waals surface area contributed by atoms with Crippen molar-refractivity contribution >= 4 is 33.2 Å². The van der Waals surface area contributed by atoms with Gasteiger partial charge in [0.15, 0.2) is 0 Å². The quantitative estimate of drug-likeness (QED) is 0.590. The number of carbonyl (C=O) groups is 1. The normalized spacial score (nSPS) is 15.5. The van der Waals surface area contributed by atoms with Crippen LogP contribution in [0.25, 0.3) is 0 Å². The Morgan fingerprint density at radius 1 is 1.12 bits per heavy atom. The fourth-order valence-electron chi connectivity index (χ4n) is 4.12. The van der Waals surface area contributed by atoms with Crippen LogP contribution >= 0.6 is 11.6 Å². The lowest BCUT2D eigenvalue weighted by molar-refractivity contribution is -0.122. The van der Waals surface area contributed by atoms with Crippen molar-refractivity contribution in [2.75, 3.05) is 23.7 Å². The Morgan fingerprint density at radius 2 is 1.75 bits per heavy atom. The van der Waals surface area contributed by atoms with Crippen LogP contribution in [-0.4, -0.2) is 44.6 Å². The Hall–Kier alpha value is -2.09. The van der Waals surface area contributed by atoms with Crippen LogP contribution in [0, 0.1) is 6.92 Å². The van der Waals surface area contributed by atoms with E-state index in [1.165, 1.54) is 22.7 Å². The van der Waals surface area contributed by atoms with E-state index < -0.39 is 16.1 Å². The van der Waals surface area contributed by atoms with E-state index in [4.69, 9.17) is 11.6 Å². The molecule has 0 aliphatic carbocycles. The summed E-state index contributed by atoms with van der Waals surface area (Å²) in [6.07, 6.45) is 3.98. The third kappa shape index (κ3) is 6.24. The first kappa shape index (κ1) is 24.6. The average molecular weight is 478 g/mol. The second-order valence-corrected chi connectivity index (χ2v) is 10.7. The van der Waals surface area contributed by atoms with Crippen LogP contribution in [0.15, 0.2) is 42.5 Å². The van der Waals surface area contributed by atoms with Crippen molar-refractivity contribution in [2.45, 2.75) is 52.2 Å². The van der Waals surface area contributed by atoms with Gasteiger partial charge in [0.25, 0.3) is 0 Å². The first-order valence-corrected chi connectivity index (χ1v) is 13.2. The first-order chi connectivity index (χ1) is 15.2. The Labute approximate surface area is 196 Å². The number of rotatable bonds is 9. The van der Waals surface area contributed by atoms with Gasteiger partial charge in [-0.25, -0.2) is 8.42 Å². The van der Waals surface area contributed by atoms with Gasteiger partial charge in [0.2, 0.25) is 15.9 Å². The summed E-state index contributed by atoms with van der Waals surface area (Å²) in [6, 6.07) is 12.4. The van der Waals surface area contributed by atoms with Crippen LogP contribution < -0.4 is 9.62 Å². The lowest BCUT2D eigenvalue weighted by atomic mass is 10.1. The summed E-state index contributed by atoms with van der Waals surface area (Å²) in [7, 11) is -3.70. The van der Waals surface area contributed by atoms with E-state index in [-0.39, 0.29) is 5.91 Å². The zero-order valence-corrected chi connectivity index (χ0v) is 20.5. The highest BCUT2D eigenvalue weighted by Gasteiger charge is 2.32. The molecule has 0 saturated carbocycles. The molecule has 174 valence electrons. The Bertz CT molecular complexity index is 1030. The molecule has 1 saturated heterocycles. The number of likely N-dealkylation sites (tertiary alicyclic amines) is 1.